The lowest BCUT2D eigenvalue weighted by molar-refractivity contribution is 0.239. The van der Waals surface area contributed by atoms with Gasteiger partial charge in [0, 0.05) is 60.8 Å². The van der Waals surface area contributed by atoms with Crippen LogP contribution in [0.3, 0.4) is 0 Å². The van der Waals surface area contributed by atoms with Crippen LogP contribution >= 0.6 is 0 Å². The summed E-state index contributed by atoms with van der Waals surface area (Å²) in [5.74, 6) is 0.943. The zero-order valence-electron chi connectivity index (χ0n) is 12.3. The van der Waals surface area contributed by atoms with Crippen LogP contribution in [0.25, 0.3) is 0 Å². The number of nitrogens with zero attached hydrogens (tertiary/aromatic N) is 4. The lowest BCUT2D eigenvalue weighted by Crippen LogP contribution is -2.32. The minimum atomic E-state index is 0.0160. The van der Waals surface area contributed by atoms with E-state index in [0.717, 1.165) is 37.6 Å². The van der Waals surface area contributed by atoms with Crippen LogP contribution in [-0.4, -0.2) is 31.4 Å². The molecule has 106 valence electrons. The van der Waals surface area contributed by atoms with Crippen LogP contribution in [-0.2, 0) is 24.9 Å². The molecule has 0 atom stereocenters. The van der Waals surface area contributed by atoms with E-state index in [9.17, 15) is 0 Å². The molecule has 20 heavy (non-hydrogen) atoms. The second kappa shape index (κ2) is 4.98. The summed E-state index contributed by atoms with van der Waals surface area (Å²) in [5, 5.41) is 0. The third-order valence-electron chi connectivity index (χ3n) is 3.63. The Morgan fingerprint density at radius 3 is 2.85 bits per heavy atom. The van der Waals surface area contributed by atoms with Crippen LogP contribution in [0.15, 0.2) is 18.7 Å². The first-order chi connectivity index (χ1) is 9.52. The van der Waals surface area contributed by atoms with Crippen molar-refractivity contribution >= 4 is 0 Å². The van der Waals surface area contributed by atoms with Crippen molar-refractivity contribution in [3.05, 3.63) is 41.5 Å². The smallest absolute Gasteiger partial charge is 0.133 e. The molecule has 0 aromatic carbocycles. The Morgan fingerprint density at radius 1 is 1.30 bits per heavy atom. The molecule has 2 aromatic rings. The highest BCUT2D eigenvalue weighted by Gasteiger charge is 2.22. The molecule has 5 nitrogen and oxygen atoms in total. The van der Waals surface area contributed by atoms with Gasteiger partial charge in [-0.25, -0.2) is 15.0 Å². The third kappa shape index (κ3) is 2.72. The molecule has 0 saturated carbocycles. The summed E-state index contributed by atoms with van der Waals surface area (Å²) >= 11 is 0. The topological polar surface area (TPSA) is 57.7 Å². The average Bonchev–Trinajstić information content (AvgIpc) is 2.90. The third-order valence-corrected chi connectivity index (χ3v) is 3.63. The quantitative estimate of drug-likeness (QED) is 0.908. The molecule has 3 rings (SSSR count). The van der Waals surface area contributed by atoms with Crippen molar-refractivity contribution in [1.29, 1.82) is 0 Å². The predicted molar refractivity (Wildman–Crippen MR) is 77.1 cm³/mol. The molecule has 0 spiro atoms. The van der Waals surface area contributed by atoms with Gasteiger partial charge in [0.15, 0.2) is 0 Å². The summed E-state index contributed by atoms with van der Waals surface area (Å²) in [6, 6.07) is 0. The Kier molecular flexibility index (Phi) is 3.30. The monoisotopic (exact) mass is 271 g/mol. The van der Waals surface area contributed by atoms with Crippen molar-refractivity contribution in [2.45, 2.75) is 45.7 Å². The van der Waals surface area contributed by atoms with E-state index < -0.39 is 0 Å². The second-order valence-corrected chi connectivity index (χ2v) is 6.45. The largest absolute Gasteiger partial charge is 0.347 e. The van der Waals surface area contributed by atoms with E-state index in [4.69, 9.17) is 4.98 Å². The van der Waals surface area contributed by atoms with Gasteiger partial charge >= 0.3 is 0 Å². The van der Waals surface area contributed by atoms with Gasteiger partial charge in [0.2, 0.25) is 0 Å². The first-order valence-corrected chi connectivity index (χ1v) is 7.07. The molecule has 3 heterocycles. The molecular weight excluding hydrogens is 250 g/mol. The van der Waals surface area contributed by atoms with Crippen molar-refractivity contribution < 1.29 is 0 Å². The Hall–Kier alpha value is -1.75. The summed E-state index contributed by atoms with van der Waals surface area (Å²) < 4.78 is 0. The molecule has 0 unspecified atom stereocenters. The fourth-order valence-electron chi connectivity index (χ4n) is 2.48. The lowest BCUT2D eigenvalue weighted by Gasteiger charge is -2.28. The minimum Gasteiger partial charge on any atom is -0.347 e. The van der Waals surface area contributed by atoms with E-state index in [-0.39, 0.29) is 5.41 Å². The number of rotatable bonds is 2. The summed E-state index contributed by atoms with van der Waals surface area (Å²) in [4.78, 5) is 18.9. The highest BCUT2D eigenvalue weighted by atomic mass is 15.1. The van der Waals surface area contributed by atoms with E-state index in [1.807, 2.05) is 12.4 Å². The van der Waals surface area contributed by atoms with Crippen LogP contribution in [0, 0.1) is 0 Å². The van der Waals surface area contributed by atoms with E-state index in [2.05, 4.69) is 40.6 Å². The lowest BCUT2D eigenvalue weighted by atomic mass is 9.95. The van der Waals surface area contributed by atoms with Crippen molar-refractivity contribution in [2.75, 3.05) is 6.54 Å². The standard InChI is InChI=1S/C15H21N5/c1-15(2,3)14-17-6-11-8-20(5-4-13(11)19-14)9-12-7-16-10-18-12/h6-7,10H,4-5,8-9H2,1-3H3,(H,16,18). The Balaban J connectivity index is 1.75. The van der Waals surface area contributed by atoms with Gasteiger partial charge in [-0.3, -0.25) is 4.90 Å². The Morgan fingerprint density at radius 2 is 2.15 bits per heavy atom. The van der Waals surface area contributed by atoms with E-state index in [0.29, 0.717) is 0 Å². The van der Waals surface area contributed by atoms with Crippen LogP contribution in [0.4, 0.5) is 0 Å². The van der Waals surface area contributed by atoms with Gasteiger partial charge in [0.1, 0.15) is 5.82 Å². The zero-order chi connectivity index (χ0) is 14.2. The summed E-state index contributed by atoms with van der Waals surface area (Å²) in [6.07, 6.45) is 6.61. The SMILES string of the molecule is CC(C)(C)c1ncc2c(n1)CCN(Cc1cnc[nH]1)C2. The Labute approximate surface area is 119 Å². The van der Waals surface area contributed by atoms with E-state index in [1.165, 1.54) is 11.3 Å². The van der Waals surface area contributed by atoms with Gasteiger partial charge in [-0.2, -0.15) is 0 Å². The highest BCUT2D eigenvalue weighted by molar-refractivity contribution is 5.22. The predicted octanol–water partition coefficient (Wildman–Crippen LogP) is 2.06. The Bertz CT molecular complexity index is 583. The summed E-state index contributed by atoms with van der Waals surface area (Å²) in [5.41, 5.74) is 3.64. The van der Waals surface area contributed by atoms with Gasteiger partial charge in [-0.05, 0) is 0 Å². The molecule has 2 aromatic heterocycles. The number of aromatic amines is 1. The fourth-order valence-corrected chi connectivity index (χ4v) is 2.48. The first-order valence-electron chi connectivity index (χ1n) is 7.07. The molecule has 0 fully saturated rings. The summed E-state index contributed by atoms with van der Waals surface area (Å²) in [6.45, 7) is 9.32. The second-order valence-electron chi connectivity index (χ2n) is 6.45. The van der Waals surface area contributed by atoms with Gasteiger partial charge in [-0.1, -0.05) is 20.8 Å². The number of nitrogens with one attached hydrogen (secondary N) is 1. The number of fused-ring (bicyclic) bond motifs is 1. The maximum absolute atomic E-state index is 4.76. The van der Waals surface area contributed by atoms with Crippen molar-refractivity contribution in [1.82, 2.24) is 24.8 Å². The summed E-state index contributed by atoms with van der Waals surface area (Å²) in [7, 11) is 0. The average molecular weight is 271 g/mol. The molecule has 1 aliphatic rings. The van der Waals surface area contributed by atoms with Gasteiger partial charge in [-0.15, -0.1) is 0 Å². The van der Waals surface area contributed by atoms with Gasteiger partial charge in [0.25, 0.3) is 0 Å². The maximum Gasteiger partial charge on any atom is 0.133 e. The van der Waals surface area contributed by atoms with Crippen LogP contribution in [0.2, 0.25) is 0 Å². The molecule has 0 amide bonds. The molecule has 0 saturated heterocycles. The highest BCUT2D eigenvalue weighted by Crippen LogP contribution is 2.22. The number of hydrogen-bond donors (Lipinski definition) is 1. The maximum atomic E-state index is 4.76. The molecule has 1 N–H and O–H groups in total. The van der Waals surface area contributed by atoms with E-state index in [1.54, 1.807) is 6.33 Å². The number of hydrogen-bond acceptors (Lipinski definition) is 4. The van der Waals surface area contributed by atoms with Crippen LogP contribution < -0.4 is 0 Å². The number of H-pyrrole nitrogens is 1. The normalized spacial score (nSPS) is 16.1. The number of aromatic nitrogens is 4. The zero-order valence-corrected chi connectivity index (χ0v) is 12.3. The fraction of sp³-hybridized carbons (Fsp3) is 0.533. The van der Waals surface area contributed by atoms with Crippen molar-refractivity contribution in [3.8, 4) is 0 Å². The molecule has 0 bridgehead atoms. The van der Waals surface area contributed by atoms with Gasteiger partial charge < -0.3 is 4.98 Å². The molecule has 0 aliphatic carbocycles. The number of imidazole rings is 1. The first kappa shape index (κ1) is 13.2. The molecule has 0 radical (unpaired) electrons. The molecule has 5 heteroatoms. The minimum absolute atomic E-state index is 0.0160. The molecule has 1 aliphatic heterocycles. The van der Waals surface area contributed by atoms with Crippen LogP contribution in [0.1, 0.15) is 43.5 Å². The molecular formula is C15H21N5. The van der Waals surface area contributed by atoms with E-state index >= 15 is 0 Å². The van der Waals surface area contributed by atoms with Crippen molar-refractivity contribution in [2.24, 2.45) is 0 Å². The van der Waals surface area contributed by atoms with Crippen molar-refractivity contribution in [3.63, 3.8) is 0 Å². The van der Waals surface area contributed by atoms with Gasteiger partial charge in [0.05, 0.1) is 6.33 Å². The van der Waals surface area contributed by atoms with Crippen LogP contribution in [0.5, 0.6) is 0 Å².